The maximum absolute atomic E-state index is 12.2. The van der Waals surface area contributed by atoms with Gasteiger partial charge in [0.05, 0.1) is 27.8 Å². The summed E-state index contributed by atoms with van der Waals surface area (Å²) in [5.41, 5.74) is 3.52. The molecule has 0 heterocycles. The smallest absolute Gasteiger partial charge is 0.275 e. The monoisotopic (exact) mass is 357 g/mol. The molecule has 0 aliphatic rings. The zero-order chi connectivity index (χ0) is 18.9. The number of nitrogens with one attached hydrogen (secondary N) is 2. The van der Waals surface area contributed by atoms with Crippen LogP contribution in [-0.2, 0) is 17.8 Å². The molecule has 5 heteroatoms. The van der Waals surface area contributed by atoms with Gasteiger partial charge in [-0.1, -0.05) is 30.3 Å². The third-order valence-corrected chi connectivity index (χ3v) is 4.49. The second-order valence-corrected chi connectivity index (χ2v) is 6.53. The van der Waals surface area contributed by atoms with Crippen LogP contribution in [0, 0.1) is 6.92 Å². The first-order chi connectivity index (χ1) is 12.5. The molecule has 2 aromatic carbocycles. The van der Waals surface area contributed by atoms with Crippen LogP contribution in [-0.4, -0.2) is 40.3 Å². The van der Waals surface area contributed by atoms with E-state index in [2.05, 4.69) is 18.3 Å². The molecule has 0 saturated carbocycles. The summed E-state index contributed by atoms with van der Waals surface area (Å²) in [5, 5.41) is 3.01. The van der Waals surface area contributed by atoms with Gasteiger partial charge >= 0.3 is 0 Å². The van der Waals surface area contributed by atoms with Gasteiger partial charge in [-0.2, -0.15) is 0 Å². The Morgan fingerprint density at radius 2 is 1.81 bits per heavy atom. The van der Waals surface area contributed by atoms with Crippen molar-refractivity contribution in [2.24, 2.45) is 0 Å². The first-order valence-corrected chi connectivity index (χ1v) is 8.87. The number of carbonyl (C=O) groups is 1. The first kappa shape index (κ1) is 19.8. The number of hydrogen-bond acceptors (Lipinski definition) is 3. The molecular formula is C21H29N2O3+. The summed E-state index contributed by atoms with van der Waals surface area (Å²) in [4.78, 5) is 13.3. The van der Waals surface area contributed by atoms with Crippen molar-refractivity contribution in [2.75, 3.05) is 34.4 Å². The maximum Gasteiger partial charge on any atom is 0.275 e. The quantitative estimate of drug-likeness (QED) is 0.713. The topological polar surface area (TPSA) is 52.0 Å². The molecule has 0 aromatic heterocycles. The van der Waals surface area contributed by atoms with Gasteiger partial charge in [0.2, 0.25) is 0 Å². The molecule has 5 nitrogen and oxygen atoms in total. The summed E-state index contributed by atoms with van der Waals surface area (Å²) in [5.74, 6) is 1.53. The van der Waals surface area contributed by atoms with E-state index in [1.807, 2.05) is 43.4 Å². The number of amides is 1. The highest BCUT2D eigenvalue weighted by Crippen LogP contribution is 2.27. The van der Waals surface area contributed by atoms with Crippen LogP contribution in [0.25, 0.3) is 0 Å². The molecule has 0 radical (unpaired) electrons. The number of hydrogen-bond donors (Lipinski definition) is 2. The highest BCUT2D eigenvalue weighted by molar-refractivity contribution is 5.76. The largest absolute Gasteiger partial charge is 0.493 e. The van der Waals surface area contributed by atoms with Gasteiger partial charge in [-0.15, -0.1) is 0 Å². The predicted octanol–water partition coefficient (Wildman–Crippen LogP) is 1.39. The molecule has 0 bridgehead atoms. The van der Waals surface area contributed by atoms with E-state index in [4.69, 9.17) is 9.47 Å². The van der Waals surface area contributed by atoms with E-state index in [9.17, 15) is 4.79 Å². The van der Waals surface area contributed by atoms with Crippen LogP contribution < -0.4 is 19.7 Å². The van der Waals surface area contributed by atoms with Crippen LogP contribution in [0.15, 0.2) is 42.5 Å². The van der Waals surface area contributed by atoms with Crippen molar-refractivity contribution >= 4 is 5.91 Å². The van der Waals surface area contributed by atoms with Gasteiger partial charge in [0.25, 0.3) is 5.91 Å². The summed E-state index contributed by atoms with van der Waals surface area (Å²) >= 11 is 0. The van der Waals surface area contributed by atoms with E-state index in [0.717, 1.165) is 30.0 Å². The molecule has 1 amide bonds. The Morgan fingerprint density at radius 1 is 1.08 bits per heavy atom. The summed E-state index contributed by atoms with van der Waals surface area (Å²) in [6.45, 7) is 3.96. The van der Waals surface area contributed by atoms with Crippen molar-refractivity contribution in [1.29, 1.82) is 0 Å². The lowest BCUT2D eigenvalue weighted by Gasteiger charge is -2.15. The van der Waals surface area contributed by atoms with Gasteiger partial charge in [0.1, 0.15) is 0 Å². The van der Waals surface area contributed by atoms with E-state index in [1.54, 1.807) is 14.2 Å². The molecule has 1 atom stereocenters. The van der Waals surface area contributed by atoms with Crippen LogP contribution in [0.5, 0.6) is 11.5 Å². The molecule has 140 valence electrons. The Bertz CT molecular complexity index is 731. The highest BCUT2D eigenvalue weighted by Gasteiger charge is 2.11. The van der Waals surface area contributed by atoms with E-state index in [-0.39, 0.29) is 5.91 Å². The van der Waals surface area contributed by atoms with Crippen molar-refractivity contribution in [3.8, 4) is 11.5 Å². The standard InChI is InChI=1S/C21H28N2O3/c1-16-7-5-6-8-18(16)14-22-21(24)15-23(2)12-11-17-9-10-19(25-3)20(13-17)26-4/h5-10,13H,11-12,14-15H2,1-4H3,(H,22,24)/p+1. The highest BCUT2D eigenvalue weighted by atomic mass is 16.5. The second kappa shape index (κ2) is 9.82. The molecule has 26 heavy (non-hydrogen) atoms. The van der Waals surface area contributed by atoms with Crippen LogP contribution in [0.4, 0.5) is 0 Å². The number of quaternary nitrogens is 1. The Balaban J connectivity index is 1.78. The molecule has 0 spiro atoms. The van der Waals surface area contributed by atoms with Crippen LogP contribution in [0.1, 0.15) is 16.7 Å². The van der Waals surface area contributed by atoms with E-state index in [0.29, 0.717) is 13.1 Å². The number of aryl methyl sites for hydroxylation is 1. The fraction of sp³-hybridized carbons (Fsp3) is 0.381. The number of carbonyl (C=O) groups excluding carboxylic acids is 1. The number of likely N-dealkylation sites (N-methyl/N-ethyl adjacent to an activating group) is 1. The van der Waals surface area contributed by atoms with Gasteiger partial charge in [-0.3, -0.25) is 4.79 Å². The molecule has 2 N–H and O–H groups in total. The Morgan fingerprint density at radius 3 is 2.50 bits per heavy atom. The van der Waals surface area contributed by atoms with E-state index < -0.39 is 0 Å². The first-order valence-electron chi connectivity index (χ1n) is 8.87. The maximum atomic E-state index is 12.2. The Kier molecular flexibility index (Phi) is 7.48. The molecule has 1 unspecified atom stereocenters. The van der Waals surface area contributed by atoms with Crippen molar-refractivity contribution in [2.45, 2.75) is 19.9 Å². The van der Waals surface area contributed by atoms with Crippen molar-refractivity contribution < 1.29 is 19.2 Å². The van der Waals surface area contributed by atoms with Crippen LogP contribution >= 0.6 is 0 Å². The van der Waals surface area contributed by atoms with Crippen molar-refractivity contribution in [1.82, 2.24) is 5.32 Å². The molecule has 0 aliphatic heterocycles. The average molecular weight is 357 g/mol. The number of rotatable bonds is 9. The summed E-state index contributed by atoms with van der Waals surface area (Å²) in [6, 6.07) is 14.0. The predicted molar refractivity (Wildman–Crippen MR) is 103 cm³/mol. The lowest BCUT2D eigenvalue weighted by atomic mass is 10.1. The SMILES string of the molecule is COc1ccc(CC[NH+](C)CC(=O)NCc2ccccc2C)cc1OC. The van der Waals surface area contributed by atoms with Gasteiger partial charge in [0, 0.05) is 13.0 Å². The summed E-state index contributed by atoms with van der Waals surface area (Å²) < 4.78 is 10.6. The lowest BCUT2D eigenvalue weighted by molar-refractivity contribution is -0.871. The summed E-state index contributed by atoms with van der Waals surface area (Å²) in [7, 11) is 5.30. The zero-order valence-corrected chi connectivity index (χ0v) is 16.1. The second-order valence-electron chi connectivity index (χ2n) is 6.53. The molecule has 0 saturated heterocycles. The van der Waals surface area contributed by atoms with Gasteiger partial charge < -0.3 is 19.7 Å². The van der Waals surface area contributed by atoms with Crippen molar-refractivity contribution in [3.05, 3.63) is 59.2 Å². The number of methoxy groups -OCH3 is 2. The molecular weight excluding hydrogens is 328 g/mol. The average Bonchev–Trinajstić information content (AvgIpc) is 2.65. The minimum absolute atomic E-state index is 0.0677. The Hall–Kier alpha value is -2.53. The van der Waals surface area contributed by atoms with Gasteiger partial charge in [0.15, 0.2) is 18.0 Å². The zero-order valence-electron chi connectivity index (χ0n) is 16.1. The van der Waals surface area contributed by atoms with Gasteiger partial charge in [-0.05, 0) is 35.7 Å². The number of benzene rings is 2. The van der Waals surface area contributed by atoms with Gasteiger partial charge in [-0.25, -0.2) is 0 Å². The fourth-order valence-corrected chi connectivity index (χ4v) is 2.82. The van der Waals surface area contributed by atoms with Crippen LogP contribution in [0.3, 0.4) is 0 Å². The fourth-order valence-electron chi connectivity index (χ4n) is 2.82. The summed E-state index contributed by atoms with van der Waals surface area (Å²) in [6.07, 6.45) is 0.872. The number of ether oxygens (including phenoxy) is 2. The van der Waals surface area contributed by atoms with Crippen LogP contribution in [0.2, 0.25) is 0 Å². The molecule has 2 aromatic rings. The van der Waals surface area contributed by atoms with E-state index in [1.165, 1.54) is 16.0 Å². The molecule has 0 fully saturated rings. The molecule has 2 rings (SSSR count). The minimum atomic E-state index is 0.0677. The van der Waals surface area contributed by atoms with E-state index >= 15 is 0 Å². The third kappa shape index (κ3) is 5.77. The third-order valence-electron chi connectivity index (χ3n) is 4.49. The lowest BCUT2D eigenvalue weighted by Crippen LogP contribution is -3.10. The van der Waals surface area contributed by atoms with Crippen molar-refractivity contribution in [3.63, 3.8) is 0 Å². The normalized spacial score (nSPS) is 11.7. The molecule has 0 aliphatic carbocycles. The Labute approximate surface area is 155 Å². The minimum Gasteiger partial charge on any atom is -0.493 e.